The van der Waals surface area contributed by atoms with E-state index in [9.17, 15) is 10.2 Å². The molecule has 0 saturated carbocycles. The lowest BCUT2D eigenvalue weighted by Crippen LogP contribution is -2.45. The number of aryl methyl sites for hydroxylation is 1. The topological polar surface area (TPSA) is 68.6 Å². The minimum Gasteiger partial charge on any atom is -0.506 e. The predicted molar refractivity (Wildman–Crippen MR) is 74.0 cm³/mol. The third-order valence-corrected chi connectivity index (χ3v) is 3.84. The SMILES string of the molecule is CC[C@H](c1c(CO)cnc(C)c1O)N1CCNCC1. The number of nitrogens with one attached hydrogen (secondary N) is 1. The summed E-state index contributed by atoms with van der Waals surface area (Å²) in [5.41, 5.74) is 2.20. The van der Waals surface area contributed by atoms with Crippen molar-refractivity contribution >= 4 is 0 Å². The van der Waals surface area contributed by atoms with Crippen molar-refractivity contribution in [2.75, 3.05) is 26.2 Å². The van der Waals surface area contributed by atoms with Crippen molar-refractivity contribution in [2.24, 2.45) is 0 Å². The molecule has 0 radical (unpaired) electrons. The summed E-state index contributed by atoms with van der Waals surface area (Å²) in [7, 11) is 0. The molecule has 0 spiro atoms. The number of aromatic nitrogens is 1. The third kappa shape index (κ3) is 2.88. The Morgan fingerprint density at radius 3 is 2.68 bits per heavy atom. The van der Waals surface area contributed by atoms with Crippen molar-refractivity contribution in [3.63, 3.8) is 0 Å². The zero-order valence-corrected chi connectivity index (χ0v) is 11.7. The fraction of sp³-hybridized carbons (Fsp3) is 0.643. The molecule has 1 aromatic rings. The molecule has 106 valence electrons. The van der Waals surface area contributed by atoms with Gasteiger partial charge in [-0.05, 0) is 13.3 Å². The first-order chi connectivity index (χ1) is 9.19. The molecule has 1 saturated heterocycles. The normalized spacial score (nSPS) is 18.5. The van der Waals surface area contributed by atoms with Crippen LogP contribution < -0.4 is 5.32 Å². The maximum absolute atomic E-state index is 10.3. The standard InChI is InChI=1S/C14H23N3O2/c1-3-12(17-6-4-15-5-7-17)13-11(9-18)8-16-10(2)14(13)19/h8,12,15,18-19H,3-7,9H2,1-2H3/t12-/m1/s1. The second kappa shape index (κ2) is 6.32. The molecular formula is C14H23N3O2. The molecule has 0 aromatic carbocycles. The number of aromatic hydroxyl groups is 1. The molecule has 19 heavy (non-hydrogen) atoms. The van der Waals surface area contributed by atoms with Gasteiger partial charge in [-0.2, -0.15) is 0 Å². The smallest absolute Gasteiger partial charge is 0.141 e. The molecule has 1 aliphatic heterocycles. The van der Waals surface area contributed by atoms with Crippen LogP contribution in [0, 0.1) is 6.92 Å². The highest BCUT2D eigenvalue weighted by molar-refractivity contribution is 5.43. The van der Waals surface area contributed by atoms with E-state index >= 15 is 0 Å². The van der Waals surface area contributed by atoms with Crippen LogP contribution in [0.5, 0.6) is 5.75 Å². The quantitative estimate of drug-likeness (QED) is 0.756. The summed E-state index contributed by atoms with van der Waals surface area (Å²) >= 11 is 0. The summed E-state index contributed by atoms with van der Waals surface area (Å²) < 4.78 is 0. The largest absolute Gasteiger partial charge is 0.506 e. The van der Waals surface area contributed by atoms with Crippen molar-refractivity contribution in [3.05, 3.63) is 23.0 Å². The van der Waals surface area contributed by atoms with Crippen LogP contribution in [0.4, 0.5) is 0 Å². The van der Waals surface area contributed by atoms with Gasteiger partial charge in [0.25, 0.3) is 0 Å². The fourth-order valence-corrected chi connectivity index (χ4v) is 2.79. The summed E-state index contributed by atoms with van der Waals surface area (Å²) in [5.74, 6) is 0.233. The average molecular weight is 265 g/mol. The minimum absolute atomic E-state index is 0.0846. The van der Waals surface area contributed by atoms with E-state index in [1.54, 1.807) is 13.1 Å². The van der Waals surface area contributed by atoms with Gasteiger partial charge < -0.3 is 15.5 Å². The molecule has 0 unspecified atom stereocenters. The zero-order valence-electron chi connectivity index (χ0n) is 11.7. The highest BCUT2D eigenvalue weighted by Gasteiger charge is 2.26. The molecular weight excluding hydrogens is 242 g/mol. The number of pyridine rings is 1. The van der Waals surface area contributed by atoms with Crippen molar-refractivity contribution in [2.45, 2.75) is 32.9 Å². The molecule has 1 atom stereocenters. The molecule has 1 aromatic heterocycles. The van der Waals surface area contributed by atoms with E-state index in [2.05, 4.69) is 22.1 Å². The monoisotopic (exact) mass is 265 g/mol. The summed E-state index contributed by atoms with van der Waals surface area (Å²) in [4.78, 5) is 6.50. The fourth-order valence-electron chi connectivity index (χ4n) is 2.79. The van der Waals surface area contributed by atoms with Crippen LogP contribution in [-0.2, 0) is 6.61 Å². The van der Waals surface area contributed by atoms with Gasteiger partial charge in [0, 0.05) is 49.5 Å². The number of aliphatic hydroxyl groups is 1. The van der Waals surface area contributed by atoms with Gasteiger partial charge in [-0.15, -0.1) is 0 Å². The Labute approximate surface area is 114 Å². The molecule has 5 nitrogen and oxygen atoms in total. The minimum atomic E-state index is -0.0846. The van der Waals surface area contributed by atoms with Crippen LogP contribution in [0.15, 0.2) is 6.20 Å². The van der Waals surface area contributed by atoms with Crippen LogP contribution in [0.1, 0.15) is 36.2 Å². The van der Waals surface area contributed by atoms with E-state index in [4.69, 9.17) is 0 Å². The first kappa shape index (κ1) is 14.2. The maximum Gasteiger partial charge on any atom is 0.141 e. The molecule has 2 rings (SSSR count). The molecule has 0 aliphatic carbocycles. The number of hydrogen-bond donors (Lipinski definition) is 3. The van der Waals surface area contributed by atoms with E-state index in [0.717, 1.165) is 43.7 Å². The first-order valence-corrected chi connectivity index (χ1v) is 6.92. The van der Waals surface area contributed by atoms with Gasteiger partial charge in [-0.25, -0.2) is 0 Å². The van der Waals surface area contributed by atoms with Crippen molar-refractivity contribution in [1.29, 1.82) is 0 Å². The Hall–Kier alpha value is -1.17. The predicted octanol–water partition coefficient (Wildman–Crippen LogP) is 0.944. The summed E-state index contributed by atoms with van der Waals surface area (Å²) in [5, 5.41) is 23.2. The number of aliphatic hydroxyl groups excluding tert-OH is 1. The Kier molecular flexibility index (Phi) is 4.74. The first-order valence-electron chi connectivity index (χ1n) is 6.92. The van der Waals surface area contributed by atoms with Crippen LogP contribution in [0.25, 0.3) is 0 Å². The average Bonchev–Trinajstić information content (AvgIpc) is 2.45. The van der Waals surface area contributed by atoms with Gasteiger partial charge in [0.1, 0.15) is 5.75 Å². The van der Waals surface area contributed by atoms with Crippen molar-refractivity contribution in [1.82, 2.24) is 15.2 Å². The van der Waals surface area contributed by atoms with Crippen LogP contribution in [0.3, 0.4) is 0 Å². The Bertz CT molecular complexity index is 431. The van der Waals surface area contributed by atoms with Gasteiger partial charge in [-0.1, -0.05) is 6.92 Å². The third-order valence-electron chi connectivity index (χ3n) is 3.84. The molecule has 5 heteroatoms. The van der Waals surface area contributed by atoms with Crippen molar-refractivity contribution < 1.29 is 10.2 Å². The molecule has 3 N–H and O–H groups in total. The summed E-state index contributed by atoms with van der Waals surface area (Å²) in [6.07, 6.45) is 2.58. The lowest BCUT2D eigenvalue weighted by molar-refractivity contribution is 0.163. The molecule has 1 aliphatic rings. The number of hydrogen-bond acceptors (Lipinski definition) is 5. The zero-order chi connectivity index (χ0) is 13.8. The summed E-state index contributed by atoms with van der Waals surface area (Å²) in [6.45, 7) is 7.69. The Morgan fingerprint density at radius 1 is 1.42 bits per heavy atom. The number of rotatable bonds is 4. The number of nitrogens with zero attached hydrogens (tertiary/aromatic N) is 2. The molecule has 2 heterocycles. The van der Waals surface area contributed by atoms with Gasteiger partial charge in [0.05, 0.1) is 12.3 Å². The van der Waals surface area contributed by atoms with E-state index in [0.29, 0.717) is 5.69 Å². The van der Waals surface area contributed by atoms with Crippen LogP contribution in [-0.4, -0.2) is 46.3 Å². The van der Waals surface area contributed by atoms with Crippen molar-refractivity contribution in [3.8, 4) is 5.75 Å². The van der Waals surface area contributed by atoms with Crippen LogP contribution >= 0.6 is 0 Å². The van der Waals surface area contributed by atoms with Gasteiger partial charge in [-0.3, -0.25) is 9.88 Å². The van der Waals surface area contributed by atoms with E-state index in [1.165, 1.54) is 0 Å². The van der Waals surface area contributed by atoms with Gasteiger partial charge in [0.15, 0.2) is 0 Å². The number of piperazine rings is 1. The summed E-state index contributed by atoms with van der Waals surface area (Å²) in [6, 6.07) is 0.144. The molecule has 1 fully saturated rings. The van der Waals surface area contributed by atoms with Crippen LogP contribution in [0.2, 0.25) is 0 Å². The highest BCUT2D eigenvalue weighted by Crippen LogP contribution is 2.35. The highest BCUT2D eigenvalue weighted by atomic mass is 16.3. The lowest BCUT2D eigenvalue weighted by atomic mass is 9.96. The van der Waals surface area contributed by atoms with Gasteiger partial charge >= 0.3 is 0 Å². The lowest BCUT2D eigenvalue weighted by Gasteiger charge is -2.35. The molecule has 0 amide bonds. The van der Waals surface area contributed by atoms with Gasteiger partial charge in [0.2, 0.25) is 0 Å². The molecule has 0 bridgehead atoms. The maximum atomic E-state index is 10.3. The van der Waals surface area contributed by atoms with E-state index in [1.807, 2.05) is 0 Å². The second-order valence-electron chi connectivity index (χ2n) is 5.00. The Balaban J connectivity index is 2.38. The van der Waals surface area contributed by atoms with E-state index in [-0.39, 0.29) is 18.4 Å². The second-order valence-corrected chi connectivity index (χ2v) is 5.00. The van der Waals surface area contributed by atoms with E-state index < -0.39 is 0 Å². The Morgan fingerprint density at radius 2 is 2.11 bits per heavy atom.